The van der Waals surface area contributed by atoms with E-state index in [0.717, 1.165) is 37.7 Å². The second kappa shape index (κ2) is 7.07. The zero-order valence-electron chi connectivity index (χ0n) is 13.4. The van der Waals surface area contributed by atoms with Gasteiger partial charge in [-0.3, -0.25) is 0 Å². The lowest BCUT2D eigenvalue weighted by Crippen LogP contribution is -2.43. The van der Waals surface area contributed by atoms with Crippen LogP contribution in [0, 0.1) is 0 Å². The van der Waals surface area contributed by atoms with E-state index in [-0.39, 0.29) is 0 Å². The molecule has 1 N–H and O–H groups in total. The van der Waals surface area contributed by atoms with Gasteiger partial charge < -0.3 is 15.0 Å². The van der Waals surface area contributed by atoms with E-state index in [1.165, 1.54) is 16.1 Å². The van der Waals surface area contributed by atoms with Crippen molar-refractivity contribution < 1.29 is 4.74 Å². The van der Waals surface area contributed by atoms with Crippen molar-refractivity contribution in [1.29, 1.82) is 0 Å². The third kappa shape index (κ3) is 3.45. The van der Waals surface area contributed by atoms with Gasteiger partial charge in [0.2, 0.25) is 0 Å². The third-order valence-corrected chi connectivity index (χ3v) is 5.13. The summed E-state index contributed by atoms with van der Waals surface area (Å²) in [7, 11) is 0. The first kappa shape index (κ1) is 15.2. The van der Waals surface area contributed by atoms with Crippen LogP contribution in [-0.4, -0.2) is 26.2 Å². The Labute approximate surface area is 146 Å². The van der Waals surface area contributed by atoms with Gasteiger partial charge in [-0.1, -0.05) is 6.07 Å². The Hall–Kier alpha value is -2.30. The molecule has 1 saturated heterocycles. The molecule has 1 aliphatic heterocycles. The maximum atomic E-state index is 5.97. The van der Waals surface area contributed by atoms with E-state index in [9.17, 15) is 0 Å². The first-order valence-electron chi connectivity index (χ1n) is 8.26. The highest BCUT2D eigenvalue weighted by Crippen LogP contribution is 2.29. The Balaban J connectivity index is 1.43. The smallest absolute Gasteiger partial charge is 0.127 e. The van der Waals surface area contributed by atoms with Crippen LogP contribution in [0.25, 0.3) is 10.4 Å². The maximum absolute atomic E-state index is 5.97. The highest BCUT2D eigenvalue weighted by atomic mass is 32.1. The lowest BCUT2D eigenvalue weighted by Gasteiger charge is -2.29. The third-order valence-electron chi connectivity index (χ3n) is 4.21. The van der Waals surface area contributed by atoms with Crippen LogP contribution in [0.1, 0.15) is 0 Å². The number of piperazine rings is 1. The van der Waals surface area contributed by atoms with Crippen molar-refractivity contribution in [3.63, 3.8) is 0 Å². The standard InChI is InChI=1S/C20H20N2OS/c1-2-20(24-15-1)16-3-7-18(8-4-16)23-19-9-5-17(6-10-19)22-13-11-21-12-14-22/h1-10,15,21H,11-14H2. The fraction of sp³-hybridized carbons (Fsp3) is 0.200. The van der Waals surface area contributed by atoms with Crippen LogP contribution in [0.4, 0.5) is 5.69 Å². The van der Waals surface area contributed by atoms with Crippen molar-refractivity contribution >= 4 is 17.0 Å². The number of benzene rings is 2. The van der Waals surface area contributed by atoms with E-state index in [0.29, 0.717) is 0 Å². The van der Waals surface area contributed by atoms with Gasteiger partial charge in [-0.05, 0) is 65.5 Å². The number of hydrogen-bond donors (Lipinski definition) is 1. The molecule has 3 aromatic rings. The fourth-order valence-electron chi connectivity index (χ4n) is 2.91. The van der Waals surface area contributed by atoms with Crippen LogP contribution in [0.2, 0.25) is 0 Å². The Morgan fingerprint density at radius 1 is 0.833 bits per heavy atom. The van der Waals surface area contributed by atoms with Gasteiger partial charge in [0.05, 0.1) is 0 Å². The largest absolute Gasteiger partial charge is 0.457 e. The van der Waals surface area contributed by atoms with Crippen LogP contribution < -0.4 is 15.0 Å². The molecule has 3 nitrogen and oxygen atoms in total. The van der Waals surface area contributed by atoms with Crippen molar-refractivity contribution in [3.05, 3.63) is 66.0 Å². The normalized spacial score (nSPS) is 14.6. The fourth-order valence-corrected chi connectivity index (χ4v) is 3.65. The lowest BCUT2D eigenvalue weighted by molar-refractivity contribution is 0.482. The molecule has 0 unspecified atom stereocenters. The van der Waals surface area contributed by atoms with Crippen LogP contribution in [0.5, 0.6) is 11.5 Å². The second-order valence-corrected chi connectivity index (χ2v) is 6.78. The van der Waals surface area contributed by atoms with Gasteiger partial charge in [0.15, 0.2) is 0 Å². The van der Waals surface area contributed by atoms with E-state index in [1.807, 2.05) is 24.3 Å². The van der Waals surface area contributed by atoms with E-state index in [4.69, 9.17) is 4.74 Å². The molecule has 2 aromatic carbocycles. The quantitative estimate of drug-likeness (QED) is 0.752. The first-order chi connectivity index (χ1) is 11.9. The van der Waals surface area contributed by atoms with Gasteiger partial charge in [-0.2, -0.15) is 0 Å². The van der Waals surface area contributed by atoms with Crippen molar-refractivity contribution in [2.24, 2.45) is 0 Å². The number of hydrogen-bond acceptors (Lipinski definition) is 4. The Kier molecular flexibility index (Phi) is 4.49. The topological polar surface area (TPSA) is 24.5 Å². The molecule has 1 fully saturated rings. The molecule has 4 heteroatoms. The van der Waals surface area contributed by atoms with Gasteiger partial charge in [0.25, 0.3) is 0 Å². The van der Waals surface area contributed by atoms with Gasteiger partial charge in [-0.25, -0.2) is 0 Å². The molecule has 0 amide bonds. The number of rotatable bonds is 4. The Morgan fingerprint density at radius 3 is 2.12 bits per heavy atom. The summed E-state index contributed by atoms with van der Waals surface area (Å²) in [5, 5.41) is 5.47. The van der Waals surface area contributed by atoms with Gasteiger partial charge in [0.1, 0.15) is 11.5 Å². The molecule has 1 aliphatic rings. The minimum atomic E-state index is 0.866. The molecular weight excluding hydrogens is 316 g/mol. The molecule has 0 spiro atoms. The van der Waals surface area contributed by atoms with Crippen molar-refractivity contribution in [2.75, 3.05) is 31.1 Å². The van der Waals surface area contributed by atoms with Crippen LogP contribution in [0.3, 0.4) is 0 Å². The van der Waals surface area contributed by atoms with E-state index < -0.39 is 0 Å². The summed E-state index contributed by atoms with van der Waals surface area (Å²) < 4.78 is 5.97. The van der Waals surface area contributed by atoms with E-state index in [1.54, 1.807) is 11.3 Å². The zero-order chi connectivity index (χ0) is 16.2. The SMILES string of the molecule is c1csc(-c2ccc(Oc3ccc(N4CCNCC4)cc3)cc2)c1. The number of nitrogens with zero attached hydrogens (tertiary/aromatic N) is 1. The monoisotopic (exact) mass is 336 g/mol. The lowest BCUT2D eigenvalue weighted by atomic mass is 10.2. The minimum absolute atomic E-state index is 0.866. The predicted octanol–water partition coefficient (Wildman–Crippen LogP) is 4.62. The molecule has 0 bridgehead atoms. The molecule has 0 atom stereocenters. The molecule has 4 rings (SSSR count). The summed E-state index contributed by atoms with van der Waals surface area (Å²) in [5.41, 5.74) is 2.49. The summed E-state index contributed by atoms with van der Waals surface area (Å²) in [5.74, 6) is 1.74. The van der Waals surface area contributed by atoms with Crippen molar-refractivity contribution in [1.82, 2.24) is 5.32 Å². The molecular formula is C20H20N2OS. The van der Waals surface area contributed by atoms with Gasteiger partial charge >= 0.3 is 0 Å². The summed E-state index contributed by atoms with van der Waals surface area (Å²) in [6.45, 7) is 4.22. The Bertz CT molecular complexity index is 760. The zero-order valence-corrected chi connectivity index (χ0v) is 14.3. The molecule has 1 aromatic heterocycles. The Morgan fingerprint density at radius 2 is 1.50 bits per heavy atom. The summed E-state index contributed by atoms with van der Waals surface area (Å²) in [6.07, 6.45) is 0. The summed E-state index contributed by atoms with van der Waals surface area (Å²) in [4.78, 5) is 3.68. The van der Waals surface area contributed by atoms with Crippen molar-refractivity contribution in [2.45, 2.75) is 0 Å². The van der Waals surface area contributed by atoms with Gasteiger partial charge in [0, 0.05) is 36.7 Å². The molecule has 0 saturated carbocycles. The molecule has 122 valence electrons. The first-order valence-corrected chi connectivity index (χ1v) is 9.14. The van der Waals surface area contributed by atoms with Gasteiger partial charge in [-0.15, -0.1) is 11.3 Å². The molecule has 24 heavy (non-hydrogen) atoms. The average Bonchev–Trinajstić information content (AvgIpc) is 3.18. The molecule has 0 radical (unpaired) electrons. The molecule has 0 aliphatic carbocycles. The predicted molar refractivity (Wildman–Crippen MR) is 101 cm³/mol. The van der Waals surface area contributed by atoms with Crippen LogP contribution in [-0.2, 0) is 0 Å². The summed E-state index contributed by atoms with van der Waals surface area (Å²) >= 11 is 1.75. The number of anilines is 1. The maximum Gasteiger partial charge on any atom is 0.127 e. The number of ether oxygens (including phenoxy) is 1. The summed E-state index contributed by atoms with van der Waals surface area (Å²) in [6, 6.07) is 20.8. The van der Waals surface area contributed by atoms with E-state index >= 15 is 0 Å². The molecule has 2 heterocycles. The number of thiophene rings is 1. The second-order valence-electron chi connectivity index (χ2n) is 5.83. The average molecular weight is 336 g/mol. The van der Waals surface area contributed by atoms with Crippen molar-refractivity contribution in [3.8, 4) is 21.9 Å². The van der Waals surface area contributed by atoms with Crippen LogP contribution >= 0.6 is 11.3 Å². The highest BCUT2D eigenvalue weighted by Gasteiger charge is 2.10. The minimum Gasteiger partial charge on any atom is -0.457 e. The number of nitrogens with one attached hydrogen (secondary N) is 1. The van der Waals surface area contributed by atoms with E-state index in [2.05, 4.69) is 52.0 Å². The van der Waals surface area contributed by atoms with Crippen LogP contribution in [0.15, 0.2) is 66.0 Å². The highest BCUT2D eigenvalue weighted by molar-refractivity contribution is 7.13.